The van der Waals surface area contributed by atoms with E-state index in [1.807, 2.05) is 80.7 Å². The first-order chi connectivity index (χ1) is 16.5. The van der Waals surface area contributed by atoms with Crippen molar-refractivity contribution in [2.75, 3.05) is 42.5 Å². The van der Waals surface area contributed by atoms with Crippen LogP contribution in [0.5, 0.6) is 11.5 Å². The Kier molecular flexibility index (Phi) is 6.92. The molecule has 4 N–H and O–H groups in total. The van der Waals surface area contributed by atoms with Crippen LogP contribution in [-0.2, 0) is 0 Å². The predicted molar refractivity (Wildman–Crippen MR) is 136 cm³/mol. The first kappa shape index (κ1) is 22.7. The number of benzene rings is 3. The van der Waals surface area contributed by atoms with Gasteiger partial charge in [0, 0.05) is 41.9 Å². The number of aromatic nitrogens is 3. The van der Waals surface area contributed by atoms with Gasteiger partial charge in [-0.3, -0.25) is 0 Å². The molecule has 174 valence electrons. The van der Waals surface area contributed by atoms with Crippen LogP contribution in [-0.4, -0.2) is 36.2 Å². The molecule has 0 aliphatic heterocycles. The van der Waals surface area contributed by atoms with Gasteiger partial charge in [0.15, 0.2) is 0 Å². The van der Waals surface area contributed by atoms with E-state index < -0.39 is 0 Å². The minimum Gasteiger partial charge on any atom is -0.497 e. The van der Waals surface area contributed by atoms with Gasteiger partial charge < -0.3 is 30.7 Å². The number of hydrogen-bond acceptors (Lipinski definition) is 9. The highest BCUT2D eigenvalue weighted by Gasteiger charge is 2.10. The van der Waals surface area contributed by atoms with Crippen molar-refractivity contribution in [1.82, 2.24) is 15.0 Å². The fourth-order valence-electron chi connectivity index (χ4n) is 3.32. The molecule has 34 heavy (non-hydrogen) atoms. The molecule has 1 aromatic heterocycles. The van der Waals surface area contributed by atoms with Crippen molar-refractivity contribution in [1.29, 1.82) is 0 Å². The second-order valence-electron chi connectivity index (χ2n) is 7.48. The zero-order chi connectivity index (χ0) is 23.9. The minimum absolute atomic E-state index is 0.373. The van der Waals surface area contributed by atoms with Gasteiger partial charge >= 0.3 is 0 Å². The van der Waals surface area contributed by atoms with Crippen LogP contribution in [0.15, 0.2) is 66.7 Å². The van der Waals surface area contributed by atoms with Gasteiger partial charge in [-0.15, -0.1) is 0 Å². The zero-order valence-electron chi connectivity index (χ0n) is 19.5. The monoisotopic (exact) mass is 457 g/mol. The SMILES string of the molecule is CNc1cccc(Nc2nc(Nc3cccc(OC)c3)nc(Nc3cc(C)cc(OC)c3)n2)c1. The lowest BCUT2D eigenvalue weighted by atomic mass is 10.2. The lowest BCUT2D eigenvalue weighted by Crippen LogP contribution is -2.07. The summed E-state index contributed by atoms with van der Waals surface area (Å²) in [5.74, 6) is 2.61. The van der Waals surface area contributed by atoms with Crippen LogP contribution < -0.4 is 30.7 Å². The van der Waals surface area contributed by atoms with Crippen LogP contribution in [0, 0.1) is 6.92 Å². The smallest absolute Gasteiger partial charge is 0.233 e. The largest absolute Gasteiger partial charge is 0.497 e. The van der Waals surface area contributed by atoms with Crippen molar-refractivity contribution >= 4 is 40.6 Å². The van der Waals surface area contributed by atoms with E-state index in [1.54, 1.807) is 14.2 Å². The summed E-state index contributed by atoms with van der Waals surface area (Å²) in [6.45, 7) is 2.00. The van der Waals surface area contributed by atoms with Crippen LogP contribution in [0.1, 0.15) is 5.56 Å². The second kappa shape index (κ2) is 10.4. The van der Waals surface area contributed by atoms with E-state index in [-0.39, 0.29) is 0 Å². The Morgan fingerprint density at radius 3 is 1.74 bits per heavy atom. The Hall–Kier alpha value is -4.53. The zero-order valence-corrected chi connectivity index (χ0v) is 19.5. The van der Waals surface area contributed by atoms with E-state index in [2.05, 4.69) is 36.2 Å². The maximum atomic E-state index is 5.39. The molecule has 9 nitrogen and oxygen atoms in total. The maximum Gasteiger partial charge on any atom is 0.233 e. The summed E-state index contributed by atoms with van der Waals surface area (Å²) >= 11 is 0. The third-order valence-electron chi connectivity index (χ3n) is 4.91. The Bertz CT molecular complexity index is 1210. The second-order valence-corrected chi connectivity index (χ2v) is 7.48. The van der Waals surface area contributed by atoms with Crippen molar-refractivity contribution in [3.8, 4) is 11.5 Å². The Morgan fingerprint density at radius 1 is 0.588 bits per heavy atom. The summed E-state index contributed by atoms with van der Waals surface area (Å²) < 4.78 is 10.7. The first-order valence-corrected chi connectivity index (χ1v) is 10.7. The van der Waals surface area contributed by atoms with E-state index in [9.17, 15) is 0 Å². The van der Waals surface area contributed by atoms with Gasteiger partial charge in [0.25, 0.3) is 0 Å². The standard InChI is InChI=1S/C25H27N7O2/c1-16-11-20(15-22(12-16)34-4)29-25-31-23(27-18-8-5-7-17(13-18)26-2)30-24(32-25)28-19-9-6-10-21(14-19)33-3/h5-15,26H,1-4H3,(H3,27,28,29,30,31,32). The van der Waals surface area contributed by atoms with Crippen LogP contribution in [0.3, 0.4) is 0 Å². The van der Waals surface area contributed by atoms with E-state index in [0.29, 0.717) is 17.8 Å². The average molecular weight is 458 g/mol. The number of ether oxygens (including phenoxy) is 2. The fourth-order valence-corrected chi connectivity index (χ4v) is 3.32. The molecule has 0 aliphatic rings. The van der Waals surface area contributed by atoms with Gasteiger partial charge in [0.2, 0.25) is 17.8 Å². The highest BCUT2D eigenvalue weighted by molar-refractivity contribution is 5.65. The van der Waals surface area contributed by atoms with Crippen LogP contribution in [0.2, 0.25) is 0 Å². The highest BCUT2D eigenvalue weighted by Crippen LogP contribution is 2.26. The predicted octanol–water partition coefficient (Wildman–Crippen LogP) is 5.47. The van der Waals surface area contributed by atoms with Crippen molar-refractivity contribution in [2.45, 2.75) is 6.92 Å². The molecule has 0 spiro atoms. The summed E-state index contributed by atoms with van der Waals surface area (Å²) in [5.41, 5.74) is 4.45. The summed E-state index contributed by atoms with van der Waals surface area (Å²) in [5, 5.41) is 12.9. The number of hydrogen-bond donors (Lipinski definition) is 4. The molecule has 0 aliphatic carbocycles. The Balaban J connectivity index is 1.68. The van der Waals surface area contributed by atoms with Crippen molar-refractivity contribution in [3.63, 3.8) is 0 Å². The highest BCUT2D eigenvalue weighted by atomic mass is 16.5. The molecular weight excluding hydrogens is 430 g/mol. The number of nitrogens with zero attached hydrogens (tertiary/aromatic N) is 3. The summed E-state index contributed by atoms with van der Waals surface area (Å²) in [6, 6.07) is 21.2. The molecule has 0 fully saturated rings. The van der Waals surface area contributed by atoms with Gasteiger partial charge in [-0.2, -0.15) is 15.0 Å². The molecule has 1 heterocycles. The van der Waals surface area contributed by atoms with Crippen molar-refractivity contribution < 1.29 is 9.47 Å². The van der Waals surface area contributed by atoms with Gasteiger partial charge in [-0.25, -0.2) is 0 Å². The fraction of sp³-hybridized carbons (Fsp3) is 0.160. The molecule has 4 rings (SSSR count). The van der Waals surface area contributed by atoms with Crippen LogP contribution in [0.25, 0.3) is 0 Å². The van der Waals surface area contributed by atoms with Crippen molar-refractivity contribution in [3.05, 3.63) is 72.3 Å². The average Bonchev–Trinajstić information content (AvgIpc) is 2.83. The molecule has 0 bridgehead atoms. The van der Waals surface area contributed by atoms with Gasteiger partial charge in [-0.05, 0) is 55.0 Å². The molecule has 9 heteroatoms. The van der Waals surface area contributed by atoms with E-state index >= 15 is 0 Å². The third kappa shape index (κ3) is 5.83. The van der Waals surface area contributed by atoms with Crippen LogP contribution in [0.4, 0.5) is 40.6 Å². The lowest BCUT2D eigenvalue weighted by molar-refractivity contribution is 0.414. The van der Waals surface area contributed by atoms with E-state index in [0.717, 1.165) is 39.8 Å². The normalized spacial score (nSPS) is 10.4. The first-order valence-electron chi connectivity index (χ1n) is 10.7. The van der Waals surface area contributed by atoms with Gasteiger partial charge in [0.05, 0.1) is 14.2 Å². The molecule has 0 saturated heterocycles. The van der Waals surface area contributed by atoms with Gasteiger partial charge in [-0.1, -0.05) is 12.1 Å². The van der Waals surface area contributed by atoms with Crippen molar-refractivity contribution in [2.24, 2.45) is 0 Å². The summed E-state index contributed by atoms with van der Waals surface area (Å²) in [7, 11) is 5.14. The molecule has 4 aromatic rings. The number of nitrogens with one attached hydrogen (secondary N) is 4. The molecular formula is C25H27N7O2. The lowest BCUT2D eigenvalue weighted by Gasteiger charge is -2.13. The summed E-state index contributed by atoms with van der Waals surface area (Å²) in [6.07, 6.45) is 0. The third-order valence-corrected chi connectivity index (χ3v) is 4.91. The van der Waals surface area contributed by atoms with Crippen LogP contribution >= 0.6 is 0 Å². The molecule has 3 aromatic carbocycles. The molecule has 0 atom stereocenters. The quantitative estimate of drug-likeness (QED) is 0.260. The Labute approximate surface area is 198 Å². The maximum absolute atomic E-state index is 5.39. The topological polar surface area (TPSA) is 105 Å². The molecule has 0 saturated carbocycles. The minimum atomic E-state index is 0.373. The van der Waals surface area contributed by atoms with E-state index in [1.165, 1.54) is 0 Å². The number of anilines is 7. The Morgan fingerprint density at radius 2 is 1.12 bits per heavy atom. The van der Waals surface area contributed by atoms with Gasteiger partial charge in [0.1, 0.15) is 11.5 Å². The molecule has 0 unspecified atom stereocenters. The molecule has 0 amide bonds. The number of rotatable bonds is 9. The number of aryl methyl sites for hydroxylation is 1. The molecule has 0 radical (unpaired) electrons. The van der Waals surface area contributed by atoms with E-state index in [4.69, 9.17) is 9.47 Å². The summed E-state index contributed by atoms with van der Waals surface area (Å²) in [4.78, 5) is 13.7. The number of methoxy groups -OCH3 is 2.